The first kappa shape index (κ1) is 33.0. The van der Waals surface area contributed by atoms with Gasteiger partial charge in [0.15, 0.2) is 5.78 Å². The summed E-state index contributed by atoms with van der Waals surface area (Å²) in [4.78, 5) is 26.4. The zero-order chi connectivity index (χ0) is 30.5. The summed E-state index contributed by atoms with van der Waals surface area (Å²) in [5.74, 6) is 0.183. The molecule has 43 heavy (non-hydrogen) atoms. The molecule has 0 saturated heterocycles. The molecule has 1 heterocycles. The first-order valence-electron chi connectivity index (χ1n) is 16.8. The van der Waals surface area contributed by atoms with Crippen LogP contribution in [0, 0.1) is 5.41 Å². The minimum absolute atomic E-state index is 0.161. The van der Waals surface area contributed by atoms with Crippen molar-refractivity contribution in [1.29, 1.82) is 0 Å². The number of esters is 1. The first-order chi connectivity index (χ1) is 20.9. The molecule has 1 aliphatic carbocycles. The topological polar surface area (TPSA) is 69.2 Å². The number of carbonyl (C=O) groups excluding carboxylic acids is 2. The normalized spacial score (nSPS) is 16.0. The van der Waals surface area contributed by atoms with E-state index in [0.717, 1.165) is 53.2 Å². The summed E-state index contributed by atoms with van der Waals surface area (Å²) >= 11 is 1.64. The number of Topliss-reactive ketones (excluding diaryl/α,β-unsaturated/α-hetero) is 1. The van der Waals surface area contributed by atoms with Gasteiger partial charge >= 0.3 is 5.97 Å². The number of hydrogen-bond donors (Lipinski definition) is 0. The van der Waals surface area contributed by atoms with Gasteiger partial charge in [0.2, 0.25) is 0 Å². The van der Waals surface area contributed by atoms with E-state index in [4.69, 9.17) is 4.74 Å². The van der Waals surface area contributed by atoms with Crippen molar-refractivity contribution in [3.63, 3.8) is 0 Å². The molecule has 1 aromatic heterocycles. The molecular formula is C37H50N2O3S. The molecule has 0 saturated carbocycles. The molecular weight excluding hydrogens is 552 g/mol. The fourth-order valence-corrected chi connectivity index (χ4v) is 6.99. The Morgan fingerprint density at radius 2 is 1.44 bits per heavy atom. The van der Waals surface area contributed by atoms with E-state index in [1.165, 1.54) is 77.0 Å². The van der Waals surface area contributed by atoms with E-state index in [1.807, 2.05) is 18.2 Å². The molecule has 0 amide bonds. The van der Waals surface area contributed by atoms with Crippen LogP contribution in [0.1, 0.15) is 148 Å². The van der Waals surface area contributed by atoms with Gasteiger partial charge in [0.25, 0.3) is 0 Å². The van der Waals surface area contributed by atoms with Gasteiger partial charge in [-0.25, -0.2) is 4.79 Å². The second kappa shape index (κ2) is 16.8. The Kier molecular flexibility index (Phi) is 12.9. The molecule has 4 rings (SSSR count). The maximum atomic E-state index is 13.4. The summed E-state index contributed by atoms with van der Waals surface area (Å²) in [5.41, 5.74) is 2.72. The summed E-state index contributed by atoms with van der Waals surface area (Å²) in [5, 5.41) is 10.7. The van der Waals surface area contributed by atoms with Crippen LogP contribution in [0.25, 0.3) is 10.6 Å². The van der Waals surface area contributed by atoms with Gasteiger partial charge in [-0.05, 0) is 61.2 Å². The molecule has 3 aromatic rings. The van der Waals surface area contributed by atoms with Crippen LogP contribution in [0.4, 0.5) is 0 Å². The van der Waals surface area contributed by atoms with Crippen LogP contribution in [0.2, 0.25) is 0 Å². The maximum Gasteiger partial charge on any atom is 0.343 e. The van der Waals surface area contributed by atoms with E-state index in [-0.39, 0.29) is 11.2 Å². The van der Waals surface area contributed by atoms with Gasteiger partial charge in [-0.3, -0.25) is 4.79 Å². The standard InChI is InChI=1S/C37H50N2O3S/c1-4-6-8-10-12-13-14-16-18-33-38-39-35(43-33)28-21-23-31(24-22-28)42-36(41)29-19-20-30-27-37(3,34(40)32(30)26-29)25-17-15-11-9-7-5-2/h19-24,26H,4-18,25,27H2,1-3H3. The molecule has 2 aromatic carbocycles. The predicted molar refractivity (Wildman–Crippen MR) is 177 cm³/mol. The number of aromatic nitrogens is 2. The monoisotopic (exact) mass is 602 g/mol. The lowest BCUT2D eigenvalue weighted by Gasteiger charge is -2.21. The molecule has 0 N–H and O–H groups in total. The van der Waals surface area contributed by atoms with Gasteiger partial charge in [-0.1, -0.05) is 122 Å². The highest BCUT2D eigenvalue weighted by Crippen LogP contribution is 2.41. The lowest BCUT2D eigenvalue weighted by atomic mass is 9.81. The van der Waals surface area contributed by atoms with Gasteiger partial charge in [-0.15, -0.1) is 10.2 Å². The third-order valence-electron chi connectivity index (χ3n) is 8.82. The molecule has 1 unspecified atom stereocenters. The van der Waals surface area contributed by atoms with Crippen molar-refractivity contribution in [2.24, 2.45) is 5.41 Å². The highest BCUT2D eigenvalue weighted by atomic mass is 32.1. The van der Waals surface area contributed by atoms with Crippen molar-refractivity contribution in [2.45, 2.75) is 130 Å². The van der Waals surface area contributed by atoms with Crippen LogP contribution in [0.15, 0.2) is 42.5 Å². The van der Waals surface area contributed by atoms with Crippen LogP contribution < -0.4 is 4.74 Å². The van der Waals surface area contributed by atoms with E-state index in [2.05, 4.69) is 31.0 Å². The van der Waals surface area contributed by atoms with E-state index >= 15 is 0 Å². The smallest absolute Gasteiger partial charge is 0.343 e. The summed E-state index contributed by atoms with van der Waals surface area (Å²) in [6.45, 7) is 6.56. The number of fused-ring (bicyclic) bond motifs is 1. The fourth-order valence-electron chi connectivity index (χ4n) is 6.11. The molecule has 0 spiro atoms. The Morgan fingerprint density at radius 1 is 0.814 bits per heavy atom. The lowest BCUT2D eigenvalue weighted by molar-refractivity contribution is 0.0734. The van der Waals surface area contributed by atoms with Crippen molar-refractivity contribution in [3.8, 4) is 16.3 Å². The third-order valence-corrected chi connectivity index (χ3v) is 9.86. The summed E-state index contributed by atoms with van der Waals surface area (Å²) < 4.78 is 5.68. The number of ketones is 1. The van der Waals surface area contributed by atoms with Crippen LogP contribution in [0.5, 0.6) is 5.75 Å². The summed E-state index contributed by atoms with van der Waals surface area (Å²) in [6.07, 6.45) is 20.3. The number of ether oxygens (including phenoxy) is 1. The Bertz CT molecular complexity index is 1320. The van der Waals surface area contributed by atoms with Crippen molar-refractivity contribution < 1.29 is 14.3 Å². The van der Waals surface area contributed by atoms with Gasteiger partial charge in [0.1, 0.15) is 15.8 Å². The number of rotatable bonds is 19. The van der Waals surface area contributed by atoms with Crippen molar-refractivity contribution in [3.05, 3.63) is 64.2 Å². The molecule has 5 nitrogen and oxygen atoms in total. The number of carbonyl (C=O) groups is 2. The summed E-state index contributed by atoms with van der Waals surface area (Å²) in [6, 6.07) is 12.9. The highest BCUT2D eigenvalue weighted by Gasteiger charge is 2.41. The first-order valence-corrected chi connectivity index (χ1v) is 17.6. The number of benzene rings is 2. The van der Waals surface area contributed by atoms with Crippen LogP contribution in [-0.2, 0) is 12.8 Å². The van der Waals surface area contributed by atoms with Gasteiger partial charge in [0.05, 0.1) is 5.56 Å². The maximum absolute atomic E-state index is 13.4. The highest BCUT2D eigenvalue weighted by molar-refractivity contribution is 7.14. The van der Waals surface area contributed by atoms with Gasteiger partial charge < -0.3 is 4.74 Å². The lowest BCUT2D eigenvalue weighted by Crippen LogP contribution is -2.24. The number of hydrogen-bond acceptors (Lipinski definition) is 6. The SMILES string of the molecule is CCCCCCCCCCc1nnc(-c2ccc(OC(=O)c3ccc4c(c3)C(=O)C(C)(CCCCCCCC)C4)cc2)s1. The average molecular weight is 603 g/mol. The van der Waals surface area contributed by atoms with Gasteiger partial charge in [0, 0.05) is 23.0 Å². The molecule has 1 aliphatic rings. The summed E-state index contributed by atoms with van der Waals surface area (Å²) in [7, 11) is 0. The van der Waals surface area contributed by atoms with Crippen molar-refractivity contribution in [2.75, 3.05) is 0 Å². The number of aryl methyl sites for hydroxylation is 1. The molecule has 232 valence electrons. The van der Waals surface area contributed by atoms with E-state index in [9.17, 15) is 9.59 Å². The molecule has 0 bridgehead atoms. The van der Waals surface area contributed by atoms with E-state index in [1.54, 1.807) is 35.6 Å². The average Bonchev–Trinajstić information content (AvgIpc) is 3.58. The van der Waals surface area contributed by atoms with Crippen molar-refractivity contribution in [1.82, 2.24) is 10.2 Å². The van der Waals surface area contributed by atoms with E-state index < -0.39 is 5.97 Å². The third kappa shape index (κ3) is 9.56. The quantitative estimate of drug-likeness (QED) is 0.0775. The van der Waals surface area contributed by atoms with Crippen LogP contribution in [0.3, 0.4) is 0 Å². The minimum atomic E-state index is -0.448. The Morgan fingerprint density at radius 3 is 2.12 bits per heavy atom. The van der Waals surface area contributed by atoms with Gasteiger partial charge in [-0.2, -0.15) is 0 Å². The molecule has 0 fully saturated rings. The molecule has 6 heteroatoms. The molecule has 1 atom stereocenters. The number of nitrogens with zero attached hydrogens (tertiary/aromatic N) is 2. The predicted octanol–water partition coefficient (Wildman–Crippen LogP) is 10.6. The Labute approximate surface area is 262 Å². The Hall–Kier alpha value is -2.86. The zero-order valence-electron chi connectivity index (χ0n) is 26.6. The largest absolute Gasteiger partial charge is 0.423 e. The second-order valence-corrected chi connectivity index (χ2v) is 13.7. The van der Waals surface area contributed by atoms with Crippen LogP contribution >= 0.6 is 11.3 Å². The number of unbranched alkanes of at least 4 members (excludes halogenated alkanes) is 12. The van der Waals surface area contributed by atoms with E-state index in [0.29, 0.717) is 16.9 Å². The minimum Gasteiger partial charge on any atom is -0.423 e. The Balaban J connectivity index is 1.25. The fraction of sp³-hybridized carbons (Fsp3) is 0.568. The van der Waals surface area contributed by atoms with Crippen molar-refractivity contribution >= 4 is 23.1 Å². The molecule has 0 radical (unpaired) electrons. The molecule has 0 aliphatic heterocycles. The van der Waals surface area contributed by atoms with Crippen LogP contribution in [-0.4, -0.2) is 21.9 Å². The zero-order valence-corrected chi connectivity index (χ0v) is 27.4. The second-order valence-electron chi connectivity index (χ2n) is 12.6.